The second-order valence-electron chi connectivity index (χ2n) is 9.39. The molecule has 0 atom stereocenters. The number of benzene rings is 1. The average molecular weight is 521 g/mol. The molecular weight excluding hydrogens is 488 g/mol. The van der Waals surface area contributed by atoms with Crippen molar-refractivity contribution in [3.8, 4) is 10.4 Å². The standard InChI is InChI=1S/C25H32N2O6S2/c1-4-32-24(28)17-7-12-20(22(13-17)35(30,31)19-10-11-19)21-14-26-23(34-21)16-5-8-18(9-6-16)27-25(29)33-15(2)3/h7,12-16,18-19H,4-6,8-11H2,1-3H3,(H,27,29). The average Bonchev–Trinajstić information content (AvgIpc) is 3.57. The SMILES string of the molecule is CCOC(=O)c1ccc(-c2cnc(C3CCC(NC(=O)OC(C)C)CC3)s2)c(S(=O)(=O)C2CC2)c1. The second kappa shape index (κ2) is 10.7. The highest BCUT2D eigenvalue weighted by atomic mass is 32.2. The van der Waals surface area contributed by atoms with E-state index < -0.39 is 21.1 Å². The molecule has 1 aromatic heterocycles. The van der Waals surface area contributed by atoms with E-state index in [1.807, 2.05) is 13.8 Å². The Balaban J connectivity index is 1.51. The number of carbonyl (C=O) groups excluding carboxylic acids is 2. The Kier molecular flexibility index (Phi) is 7.80. The molecule has 1 aromatic carbocycles. The maximum Gasteiger partial charge on any atom is 0.407 e. The molecule has 2 fully saturated rings. The van der Waals surface area contributed by atoms with Crippen molar-refractivity contribution in [2.75, 3.05) is 6.61 Å². The van der Waals surface area contributed by atoms with E-state index in [2.05, 4.69) is 10.3 Å². The molecule has 0 spiro atoms. The summed E-state index contributed by atoms with van der Waals surface area (Å²) in [5.74, 6) is -0.269. The third-order valence-corrected chi connectivity index (χ3v) is 9.79. The van der Waals surface area contributed by atoms with Crippen molar-refractivity contribution in [2.24, 2.45) is 0 Å². The molecule has 0 unspecified atom stereocenters. The van der Waals surface area contributed by atoms with Crippen molar-refractivity contribution in [1.29, 1.82) is 0 Å². The predicted molar refractivity (Wildman–Crippen MR) is 133 cm³/mol. The van der Waals surface area contributed by atoms with Crippen molar-refractivity contribution < 1.29 is 27.5 Å². The summed E-state index contributed by atoms with van der Waals surface area (Å²) in [7, 11) is -3.54. The van der Waals surface area contributed by atoms with Crippen LogP contribution in [0.2, 0.25) is 0 Å². The summed E-state index contributed by atoms with van der Waals surface area (Å²) in [6, 6.07) is 4.85. The summed E-state index contributed by atoms with van der Waals surface area (Å²) in [6.07, 6.45) is 5.92. The summed E-state index contributed by atoms with van der Waals surface area (Å²) < 4.78 is 36.7. The van der Waals surface area contributed by atoms with Crippen LogP contribution in [0.5, 0.6) is 0 Å². The van der Waals surface area contributed by atoms with Crippen LogP contribution in [0.4, 0.5) is 4.79 Å². The van der Waals surface area contributed by atoms with Gasteiger partial charge in [0.05, 0.1) is 38.3 Å². The molecule has 190 valence electrons. The molecule has 2 saturated carbocycles. The van der Waals surface area contributed by atoms with E-state index in [-0.39, 0.29) is 41.2 Å². The summed E-state index contributed by atoms with van der Waals surface area (Å²) in [4.78, 5) is 29.7. The molecule has 1 amide bonds. The third kappa shape index (κ3) is 6.03. The lowest BCUT2D eigenvalue weighted by molar-refractivity contribution is 0.0526. The normalized spacial score (nSPS) is 20.5. The van der Waals surface area contributed by atoms with Crippen LogP contribution in [-0.4, -0.2) is 49.5 Å². The molecule has 0 saturated heterocycles. The molecule has 2 aliphatic rings. The minimum absolute atomic E-state index is 0.0858. The number of ether oxygens (including phenoxy) is 2. The zero-order valence-electron chi connectivity index (χ0n) is 20.3. The highest BCUT2D eigenvalue weighted by Gasteiger charge is 2.39. The van der Waals surface area contributed by atoms with Gasteiger partial charge >= 0.3 is 12.1 Å². The third-order valence-electron chi connectivity index (χ3n) is 6.29. The largest absolute Gasteiger partial charge is 0.462 e. The van der Waals surface area contributed by atoms with Crippen molar-refractivity contribution in [2.45, 2.75) is 87.5 Å². The molecule has 1 heterocycles. The van der Waals surface area contributed by atoms with Gasteiger partial charge in [0.1, 0.15) is 0 Å². The highest BCUT2D eigenvalue weighted by molar-refractivity contribution is 7.92. The van der Waals surface area contributed by atoms with E-state index in [0.29, 0.717) is 18.4 Å². The number of nitrogens with one attached hydrogen (secondary N) is 1. The van der Waals surface area contributed by atoms with Gasteiger partial charge in [-0.15, -0.1) is 11.3 Å². The Labute approximate surface area is 210 Å². The summed E-state index contributed by atoms with van der Waals surface area (Å²) in [6.45, 7) is 5.58. The first-order valence-electron chi connectivity index (χ1n) is 12.2. The Morgan fingerprint density at radius 1 is 1.14 bits per heavy atom. The lowest BCUT2D eigenvalue weighted by atomic mass is 9.86. The van der Waals surface area contributed by atoms with Gasteiger partial charge in [0.2, 0.25) is 0 Å². The summed E-state index contributed by atoms with van der Waals surface area (Å²) in [5.41, 5.74) is 0.821. The fraction of sp³-hybridized carbons (Fsp3) is 0.560. The van der Waals surface area contributed by atoms with E-state index in [0.717, 1.165) is 35.6 Å². The van der Waals surface area contributed by atoms with Crippen molar-refractivity contribution in [1.82, 2.24) is 10.3 Å². The Morgan fingerprint density at radius 2 is 1.86 bits per heavy atom. The lowest BCUT2D eigenvalue weighted by Crippen LogP contribution is -2.38. The molecule has 0 aliphatic heterocycles. The van der Waals surface area contributed by atoms with Crippen LogP contribution in [0.25, 0.3) is 10.4 Å². The molecule has 8 nitrogen and oxygen atoms in total. The fourth-order valence-corrected chi connectivity index (χ4v) is 7.44. The maximum absolute atomic E-state index is 13.2. The number of sulfone groups is 1. The van der Waals surface area contributed by atoms with Gasteiger partial charge in [-0.2, -0.15) is 0 Å². The lowest BCUT2D eigenvalue weighted by Gasteiger charge is -2.28. The molecular formula is C25H32N2O6S2. The summed E-state index contributed by atoms with van der Waals surface area (Å²) in [5, 5.41) is 3.51. The van der Waals surface area contributed by atoms with Crippen LogP contribution >= 0.6 is 11.3 Å². The number of aromatic nitrogens is 1. The van der Waals surface area contributed by atoms with E-state index in [4.69, 9.17) is 9.47 Å². The van der Waals surface area contributed by atoms with E-state index >= 15 is 0 Å². The smallest absolute Gasteiger partial charge is 0.407 e. The zero-order chi connectivity index (χ0) is 25.2. The van der Waals surface area contributed by atoms with Gasteiger partial charge in [-0.05, 0) is 71.4 Å². The Morgan fingerprint density at radius 3 is 2.49 bits per heavy atom. The minimum Gasteiger partial charge on any atom is -0.462 e. The van der Waals surface area contributed by atoms with Crippen LogP contribution in [-0.2, 0) is 19.3 Å². The van der Waals surface area contributed by atoms with Crippen LogP contribution in [0, 0.1) is 0 Å². The Hall–Kier alpha value is -2.46. The molecule has 2 aromatic rings. The molecule has 0 radical (unpaired) electrons. The first-order valence-corrected chi connectivity index (χ1v) is 14.5. The van der Waals surface area contributed by atoms with Crippen LogP contribution in [0.15, 0.2) is 29.3 Å². The van der Waals surface area contributed by atoms with Gasteiger partial charge in [-0.1, -0.05) is 6.07 Å². The molecule has 1 N–H and O–H groups in total. The number of nitrogens with zero attached hydrogens (tertiary/aromatic N) is 1. The van der Waals surface area contributed by atoms with Gasteiger partial charge < -0.3 is 14.8 Å². The topological polar surface area (TPSA) is 112 Å². The second-order valence-corrected chi connectivity index (χ2v) is 12.6. The molecule has 2 aliphatic carbocycles. The first kappa shape index (κ1) is 25.6. The Bertz CT molecular complexity index is 1180. The summed E-state index contributed by atoms with van der Waals surface area (Å²) >= 11 is 1.50. The quantitative estimate of drug-likeness (QED) is 0.483. The van der Waals surface area contributed by atoms with Gasteiger partial charge in [-0.25, -0.2) is 23.0 Å². The number of amides is 1. The number of hydrogen-bond donors (Lipinski definition) is 1. The fourth-order valence-electron chi connectivity index (χ4n) is 4.36. The highest BCUT2D eigenvalue weighted by Crippen LogP contribution is 2.42. The predicted octanol–water partition coefficient (Wildman–Crippen LogP) is 5.08. The minimum atomic E-state index is -3.54. The van der Waals surface area contributed by atoms with Crippen LogP contribution < -0.4 is 5.32 Å². The molecule has 35 heavy (non-hydrogen) atoms. The van der Waals surface area contributed by atoms with Crippen LogP contribution in [0.1, 0.15) is 80.6 Å². The first-order chi connectivity index (χ1) is 16.7. The van der Waals surface area contributed by atoms with Crippen LogP contribution in [0.3, 0.4) is 0 Å². The zero-order valence-corrected chi connectivity index (χ0v) is 21.9. The monoisotopic (exact) mass is 520 g/mol. The number of carbonyl (C=O) groups is 2. The molecule has 4 rings (SSSR count). The van der Waals surface area contributed by atoms with Gasteiger partial charge in [0.25, 0.3) is 0 Å². The maximum atomic E-state index is 13.2. The van der Waals surface area contributed by atoms with E-state index in [9.17, 15) is 18.0 Å². The number of rotatable bonds is 8. The van der Waals surface area contributed by atoms with Crippen molar-refractivity contribution >= 4 is 33.2 Å². The number of thiazole rings is 1. The number of alkyl carbamates (subject to hydrolysis) is 1. The van der Waals surface area contributed by atoms with Crippen molar-refractivity contribution in [3.63, 3.8) is 0 Å². The van der Waals surface area contributed by atoms with Crippen molar-refractivity contribution in [3.05, 3.63) is 35.0 Å². The number of esters is 1. The number of hydrogen-bond acceptors (Lipinski definition) is 8. The molecule has 0 bridgehead atoms. The van der Waals surface area contributed by atoms with E-state index in [1.165, 1.54) is 17.4 Å². The van der Waals surface area contributed by atoms with Gasteiger partial charge in [0, 0.05) is 23.7 Å². The van der Waals surface area contributed by atoms with E-state index in [1.54, 1.807) is 25.3 Å². The van der Waals surface area contributed by atoms with Gasteiger partial charge in [-0.3, -0.25) is 0 Å². The molecule has 10 heteroatoms. The van der Waals surface area contributed by atoms with Gasteiger partial charge in [0.15, 0.2) is 9.84 Å².